The summed E-state index contributed by atoms with van der Waals surface area (Å²) in [6, 6.07) is 0. The van der Waals surface area contributed by atoms with Crippen LogP contribution in [0.25, 0.3) is 0 Å². The third-order valence-electron chi connectivity index (χ3n) is 3.27. The van der Waals surface area contributed by atoms with E-state index in [0.29, 0.717) is 12.8 Å². The van der Waals surface area contributed by atoms with Gasteiger partial charge in [-0.1, -0.05) is 0 Å². The standard InChI is InChI=1S/C11H20O6S/c1-16-18(14,15)7-6-17-11(13)10-4-2-9(8-12)3-5-10/h9-10,12H,2-8H2,1H3. The van der Waals surface area contributed by atoms with Gasteiger partial charge in [-0.3, -0.25) is 8.98 Å². The van der Waals surface area contributed by atoms with Gasteiger partial charge in [-0.25, -0.2) is 0 Å². The Morgan fingerprint density at radius 3 is 2.39 bits per heavy atom. The summed E-state index contributed by atoms with van der Waals surface area (Å²) in [7, 11) is -2.49. The maximum Gasteiger partial charge on any atom is 0.308 e. The van der Waals surface area contributed by atoms with Crippen molar-refractivity contribution in [3.05, 3.63) is 0 Å². The third-order valence-corrected chi connectivity index (χ3v) is 4.44. The number of aliphatic hydroxyl groups is 1. The molecular weight excluding hydrogens is 260 g/mol. The Morgan fingerprint density at radius 2 is 1.89 bits per heavy atom. The first-order valence-corrected chi connectivity index (χ1v) is 7.62. The van der Waals surface area contributed by atoms with Gasteiger partial charge in [0, 0.05) is 6.61 Å². The van der Waals surface area contributed by atoms with Crippen molar-refractivity contribution in [3.63, 3.8) is 0 Å². The molecule has 0 bridgehead atoms. The first-order chi connectivity index (χ1) is 8.48. The van der Waals surface area contributed by atoms with Crippen molar-refractivity contribution in [3.8, 4) is 0 Å². The molecule has 1 aliphatic carbocycles. The number of carbonyl (C=O) groups is 1. The van der Waals surface area contributed by atoms with Crippen LogP contribution in [0.3, 0.4) is 0 Å². The Kier molecular flexibility index (Phi) is 6.04. The smallest absolute Gasteiger partial charge is 0.308 e. The summed E-state index contributed by atoms with van der Waals surface area (Å²) in [6.45, 7) is -0.0111. The highest BCUT2D eigenvalue weighted by molar-refractivity contribution is 7.86. The SMILES string of the molecule is COS(=O)(=O)CCOC(=O)C1CCC(CO)CC1. The maximum atomic E-state index is 11.6. The molecular formula is C11H20O6S. The van der Waals surface area contributed by atoms with E-state index in [-0.39, 0.29) is 36.8 Å². The summed E-state index contributed by atoms with van der Waals surface area (Å²) in [5, 5.41) is 8.98. The molecule has 0 saturated heterocycles. The molecule has 18 heavy (non-hydrogen) atoms. The Hall–Kier alpha value is -0.660. The van der Waals surface area contributed by atoms with Gasteiger partial charge in [0.2, 0.25) is 0 Å². The molecule has 0 heterocycles. The summed E-state index contributed by atoms with van der Waals surface area (Å²) < 4.78 is 31.2. The second-order valence-electron chi connectivity index (χ2n) is 4.50. The normalized spacial score (nSPS) is 24.8. The summed E-state index contributed by atoms with van der Waals surface area (Å²) >= 11 is 0. The zero-order valence-corrected chi connectivity index (χ0v) is 11.3. The van der Waals surface area contributed by atoms with E-state index in [2.05, 4.69) is 4.18 Å². The Balaban J connectivity index is 2.26. The second-order valence-corrected chi connectivity index (χ2v) is 6.35. The van der Waals surface area contributed by atoms with E-state index in [4.69, 9.17) is 9.84 Å². The Bertz CT molecular complexity index is 356. The van der Waals surface area contributed by atoms with Crippen LogP contribution in [0.15, 0.2) is 0 Å². The van der Waals surface area contributed by atoms with Gasteiger partial charge < -0.3 is 9.84 Å². The summed E-state index contributed by atoms with van der Waals surface area (Å²) in [5.41, 5.74) is 0. The number of carbonyl (C=O) groups excluding carboxylic acids is 1. The fourth-order valence-corrected chi connectivity index (χ4v) is 2.48. The molecule has 0 atom stereocenters. The van der Waals surface area contributed by atoms with E-state index in [0.717, 1.165) is 20.0 Å². The molecule has 0 radical (unpaired) electrons. The molecule has 0 unspecified atom stereocenters. The predicted octanol–water partition coefficient (Wildman–Crippen LogP) is 0.304. The zero-order valence-electron chi connectivity index (χ0n) is 10.5. The molecule has 106 valence electrons. The lowest BCUT2D eigenvalue weighted by Crippen LogP contribution is -2.26. The van der Waals surface area contributed by atoms with E-state index in [1.807, 2.05) is 0 Å². The van der Waals surface area contributed by atoms with Gasteiger partial charge in [-0.2, -0.15) is 8.42 Å². The molecule has 0 aromatic heterocycles. The Labute approximate surface area is 107 Å². The van der Waals surface area contributed by atoms with Gasteiger partial charge in [0.1, 0.15) is 12.4 Å². The van der Waals surface area contributed by atoms with Crippen molar-refractivity contribution < 1.29 is 27.2 Å². The van der Waals surface area contributed by atoms with Crippen LogP contribution in [-0.4, -0.2) is 45.6 Å². The summed E-state index contributed by atoms with van der Waals surface area (Å²) in [5.74, 6) is -0.556. The lowest BCUT2D eigenvalue weighted by atomic mass is 9.82. The minimum atomic E-state index is -3.57. The van der Waals surface area contributed by atoms with Gasteiger partial charge in [0.25, 0.3) is 10.1 Å². The quantitative estimate of drug-likeness (QED) is 0.556. The maximum absolute atomic E-state index is 11.6. The van der Waals surface area contributed by atoms with E-state index in [9.17, 15) is 13.2 Å². The van der Waals surface area contributed by atoms with Gasteiger partial charge in [-0.05, 0) is 31.6 Å². The van der Waals surface area contributed by atoms with Crippen LogP contribution in [0, 0.1) is 11.8 Å². The molecule has 1 rings (SSSR count). The number of esters is 1. The van der Waals surface area contributed by atoms with Crippen molar-refractivity contribution in [1.82, 2.24) is 0 Å². The first kappa shape index (κ1) is 15.4. The average molecular weight is 280 g/mol. The van der Waals surface area contributed by atoms with Gasteiger partial charge in [0.15, 0.2) is 0 Å². The summed E-state index contributed by atoms with van der Waals surface area (Å²) in [6.07, 6.45) is 3.02. The highest BCUT2D eigenvalue weighted by Crippen LogP contribution is 2.29. The van der Waals surface area contributed by atoms with Crippen LogP contribution in [0.2, 0.25) is 0 Å². The molecule has 1 saturated carbocycles. The molecule has 0 aromatic carbocycles. The number of hydrogen-bond acceptors (Lipinski definition) is 6. The highest BCUT2D eigenvalue weighted by atomic mass is 32.2. The lowest BCUT2D eigenvalue weighted by Gasteiger charge is -2.25. The van der Waals surface area contributed by atoms with E-state index < -0.39 is 10.1 Å². The molecule has 1 fully saturated rings. The van der Waals surface area contributed by atoms with Crippen LogP contribution in [0.1, 0.15) is 25.7 Å². The molecule has 0 amide bonds. The largest absolute Gasteiger partial charge is 0.464 e. The molecule has 6 nitrogen and oxygen atoms in total. The fourth-order valence-electron chi connectivity index (χ4n) is 2.03. The monoisotopic (exact) mass is 280 g/mol. The number of rotatable bonds is 6. The van der Waals surface area contributed by atoms with Crippen molar-refractivity contribution in [2.45, 2.75) is 25.7 Å². The van der Waals surface area contributed by atoms with Crippen LogP contribution in [0.5, 0.6) is 0 Å². The number of hydrogen-bond donors (Lipinski definition) is 1. The topological polar surface area (TPSA) is 89.9 Å². The molecule has 7 heteroatoms. The minimum Gasteiger partial charge on any atom is -0.464 e. The zero-order chi connectivity index (χ0) is 13.6. The van der Waals surface area contributed by atoms with E-state index in [1.54, 1.807) is 0 Å². The molecule has 0 aromatic rings. The number of ether oxygens (including phenoxy) is 1. The predicted molar refractivity (Wildman–Crippen MR) is 64.3 cm³/mol. The van der Waals surface area contributed by atoms with E-state index >= 15 is 0 Å². The van der Waals surface area contributed by atoms with Gasteiger partial charge >= 0.3 is 5.97 Å². The third kappa shape index (κ3) is 4.91. The van der Waals surface area contributed by atoms with Crippen LogP contribution in [0.4, 0.5) is 0 Å². The van der Waals surface area contributed by atoms with Crippen molar-refractivity contribution in [2.75, 3.05) is 26.1 Å². The highest BCUT2D eigenvalue weighted by Gasteiger charge is 2.27. The summed E-state index contributed by atoms with van der Waals surface area (Å²) in [4.78, 5) is 11.6. The number of aliphatic hydroxyl groups excluding tert-OH is 1. The minimum absolute atomic E-state index is 0.161. The van der Waals surface area contributed by atoms with Crippen LogP contribution < -0.4 is 0 Å². The van der Waals surface area contributed by atoms with Crippen molar-refractivity contribution in [1.29, 1.82) is 0 Å². The van der Waals surface area contributed by atoms with Crippen LogP contribution >= 0.6 is 0 Å². The average Bonchev–Trinajstić information content (AvgIpc) is 2.38. The Morgan fingerprint density at radius 1 is 1.28 bits per heavy atom. The van der Waals surface area contributed by atoms with Gasteiger partial charge in [0.05, 0.1) is 13.0 Å². The molecule has 1 aliphatic rings. The molecule has 1 N–H and O–H groups in total. The molecule has 0 aliphatic heterocycles. The molecule has 0 spiro atoms. The second kappa shape index (κ2) is 7.06. The van der Waals surface area contributed by atoms with Crippen molar-refractivity contribution >= 4 is 16.1 Å². The fraction of sp³-hybridized carbons (Fsp3) is 0.909. The van der Waals surface area contributed by atoms with Gasteiger partial charge in [-0.15, -0.1) is 0 Å². The van der Waals surface area contributed by atoms with Crippen molar-refractivity contribution in [2.24, 2.45) is 11.8 Å². The lowest BCUT2D eigenvalue weighted by molar-refractivity contribution is -0.149. The van der Waals surface area contributed by atoms with Crippen LogP contribution in [-0.2, 0) is 23.8 Å². The first-order valence-electron chi connectivity index (χ1n) is 6.04. The van der Waals surface area contributed by atoms with E-state index in [1.165, 1.54) is 0 Å².